The Hall–Kier alpha value is 0.0500. The standard InChI is InChI=1S/C7H11NS/c1-3-8-5-7-6(1)2-4-9-7/h2,4,6-8H,1,3,5H2. The fraction of sp³-hybridized carbons (Fsp3) is 0.714. The molecule has 0 aromatic rings. The fourth-order valence-electron chi connectivity index (χ4n) is 1.47. The summed E-state index contributed by atoms with van der Waals surface area (Å²) in [4.78, 5) is 0. The van der Waals surface area contributed by atoms with E-state index in [1.165, 1.54) is 19.5 Å². The van der Waals surface area contributed by atoms with Gasteiger partial charge in [-0.2, -0.15) is 0 Å². The van der Waals surface area contributed by atoms with Crippen molar-refractivity contribution in [2.24, 2.45) is 5.92 Å². The van der Waals surface area contributed by atoms with Gasteiger partial charge in [0.25, 0.3) is 0 Å². The van der Waals surface area contributed by atoms with E-state index in [2.05, 4.69) is 16.8 Å². The van der Waals surface area contributed by atoms with Crippen molar-refractivity contribution in [1.82, 2.24) is 5.32 Å². The molecule has 0 aromatic carbocycles. The topological polar surface area (TPSA) is 12.0 Å². The molecule has 2 atom stereocenters. The van der Waals surface area contributed by atoms with Gasteiger partial charge >= 0.3 is 0 Å². The molecular weight excluding hydrogens is 130 g/mol. The molecule has 0 radical (unpaired) electrons. The van der Waals surface area contributed by atoms with Crippen LogP contribution in [-0.4, -0.2) is 18.3 Å². The molecule has 0 saturated carbocycles. The van der Waals surface area contributed by atoms with Gasteiger partial charge in [-0.1, -0.05) is 6.08 Å². The minimum Gasteiger partial charge on any atom is -0.316 e. The van der Waals surface area contributed by atoms with Crippen LogP contribution in [0, 0.1) is 5.92 Å². The van der Waals surface area contributed by atoms with Crippen LogP contribution in [0.2, 0.25) is 0 Å². The van der Waals surface area contributed by atoms with Crippen LogP contribution in [0.25, 0.3) is 0 Å². The molecule has 0 spiro atoms. The number of piperidine rings is 1. The van der Waals surface area contributed by atoms with Crippen LogP contribution in [0.15, 0.2) is 11.5 Å². The van der Waals surface area contributed by atoms with Crippen molar-refractivity contribution in [1.29, 1.82) is 0 Å². The third kappa shape index (κ3) is 1.01. The van der Waals surface area contributed by atoms with E-state index in [4.69, 9.17) is 0 Å². The van der Waals surface area contributed by atoms with Crippen molar-refractivity contribution in [3.05, 3.63) is 11.5 Å². The highest BCUT2D eigenvalue weighted by molar-refractivity contribution is 8.03. The molecule has 0 aliphatic carbocycles. The molecule has 1 fully saturated rings. The molecule has 50 valence electrons. The Labute approximate surface area is 59.9 Å². The predicted molar refractivity (Wildman–Crippen MR) is 41.5 cm³/mol. The van der Waals surface area contributed by atoms with E-state index in [-0.39, 0.29) is 0 Å². The van der Waals surface area contributed by atoms with Crippen LogP contribution in [0.4, 0.5) is 0 Å². The Morgan fingerprint density at radius 1 is 1.56 bits per heavy atom. The molecule has 2 unspecified atom stereocenters. The van der Waals surface area contributed by atoms with Crippen molar-refractivity contribution >= 4 is 11.8 Å². The van der Waals surface area contributed by atoms with Crippen LogP contribution in [0.3, 0.4) is 0 Å². The third-order valence-corrected chi connectivity index (χ3v) is 3.24. The van der Waals surface area contributed by atoms with E-state index in [9.17, 15) is 0 Å². The first kappa shape index (κ1) is 5.81. The number of hydrogen-bond acceptors (Lipinski definition) is 2. The van der Waals surface area contributed by atoms with Gasteiger partial charge in [-0.15, -0.1) is 11.8 Å². The van der Waals surface area contributed by atoms with E-state index < -0.39 is 0 Å². The monoisotopic (exact) mass is 141 g/mol. The second-order valence-electron chi connectivity index (χ2n) is 2.66. The number of allylic oxidation sites excluding steroid dienone is 1. The number of nitrogens with one attached hydrogen (secondary N) is 1. The summed E-state index contributed by atoms with van der Waals surface area (Å²) in [6.07, 6.45) is 3.70. The van der Waals surface area contributed by atoms with Gasteiger partial charge < -0.3 is 5.32 Å². The van der Waals surface area contributed by atoms with Crippen LogP contribution in [-0.2, 0) is 0 Å². The van der Waals surface area contributed by atoms with Crippen molar-refractivity contribution in [2.45, 2.75) is 11.7 Å². The Balaban J connectivity index is 2.03. The van der Waals surface area contributed by atoms with Gasteiger partial charge in [0.2, 0.25) is 0 Å². The smallest absolute Gasteiger partial charge is 0.0277 e. The lowest BCUT2D eigenvalue weighted by atomic mass is 9.98. The van der Waals surface area contributed by atoms with Crippen molar-refractivity contribution in [2.75, 3.05) is 13.1 Å². The van der Waals surface area contributed by atoms with Gasteiger partial charge in [-0.25, -0.2) is 0 Å². The fourth-order valence-corrected chi connectivity index (χ4v) is 2.60. The van der Waals surface area contributed by atoms with E-state index in [1.54, 1.807) is 0 Å². The highest BCUT2D eigenvalue weighted by Crippen LogP contribution is 2.32. The molecule has 1 saturated heterocycles. The van der Waals surface area contributed by atoms with E-state index >= 15 is 0 Å². The van der Waals surface area contributed by atoms with Crippen molar-refractivity contribution < 1.29 is 0 Å². The zero-order chi connectivity index (χ0) is 6.10. The lowest BCUT2D eigenvalue weighted by molar-refractivity contribution is 0.454. The summed E-state index contributed by atoms with van der Waals surface area (Å²) in [7, 11) is 0. The molecule has 0 bridgehead atoms. The van der Waals surface area contributed by atoms with Gasteiger partial charge in [0.1, 0.15) is 0 Å². The number of rotatable bonds is 0. The molecule has 9 heavy (non-hydrogen) atoms. The molecule has 1 N–H and O–H groups in total. The Kier molecular flexibility index (Phi) is 1.52. The van der Waals surface area contributed by atoms with Crippen molar-refractivity contribution in [3.8, 4) is 0 Å². The Bertz CT molecular complexity index is 133. The largest absolute Gasteiger partial charge is 0.316 e. The third-order valence-electron chi connectivity index (χ3n) is 2.06. The Morgan fingerprint density at radius 3 is 3.44 bits per heavy atom. The second-order valence-corrected chi connectivity index (χ2v) is 3.81. The quantitative estimate of drug-likeness (QED) is 0.544. The Morgan fingerprint density at radius 2 is 2.56 bits per heavy atom. The molecule has 2 heteroatoms. The first-order chi connectivity index (χ1) is 4.47. The normalized spacial score (nSPS) is 40.9. The molecule has 1 nitrogen and oxygen atoms in total. The summed E-state index contributed by atoms with van der Waals surface area (Å²) in [5, 5.41) is 6.51. The maximum absolute atomic E-state index is 3.40. The molecule has 2 rings (SSSR count). The molecule has 2 aliphatic rings. The molecule has 0 aromatic heterocycles. The first-order valence-electron chi connectivity index (χ1n) is 3.50. The number of fused-ring (bicyclic) bond motifs is 1. The van der Waals surface area contributed by atoms with Crippen molar-refractivity contribution in [3.63, 3.8) is 0 Å². The molecule has 0 amide bonds. The summed E-state index contributed by atoms with van der Waals surface area (Å²) in [5.41, 5.74) is 0. The van der Waals surface area contributed by atoms with Gasteiger partial charge in [-0.05, 0) is 24.3 Å². The second kappa shape index (κ2) is 2.35. The maximum atomic E-state index is 3.40. The van der Waals surface area contributed by atoms with Crippen LogP contribution < -0.4 is 5.32 Å². The maximum Gasteiger partial charge on any atom is 0.0277 e. The van der Waals surface area contributed by atoms with Crippen LogP contribution in [0.5, 0.6) is 0 Å². The molecule has 2 aliphatic heterocycles. The summed E-state index contributed by atoms with van der Waals surface area (Å²) in [6, 6.07) is 0. The predicted octanol–water partition coefficient (Wildman–Crippen LogP) is 1.23. The van der Waals surface area contributed by atoms with Gasteiger partial charge in [0, 0.05) is 11.8 Å². The lowest BCUT2D eigenvalue weighted by Gasteiger charge is -2.24. The summed E-state index contributed by atoms with van der Waals surface area (Å²) < 4.78 is 0. The number of hydrogen-bond donors (Lipinski definition) is 1. The summed E-state index contributed by atoms with van der Waals surface area (Å²) in [6.45, 7) is 2.42. The van der Waals surface area contributed by atoms with E-state index in [1.807, 2.05) is 11.8 Å². The minimum absolute atomic E-state index is 0.860. The summed E-state index contributed by atoms with van der Waals surface area (Å²) >= 11 is 1.98. The SMILES string of the molecule is C1=CC2CCNCC2S1. The zero-order valence-electron chi connectivity index (χ0n) is 5.34. The minimum atomic E-state index is 0.860. The van der Waals surface area contributed by atoms with Gasteiger partial charge in [-0.3, -0.25) is 0 Å². The van der Waals surface area contributed by atoms with Gasteiger partial charge in [0.15, 0.2) is 0 Å². The average molecular weight is 141 g/mol. The number of thioether (sulfide) groups is 1. The van der Waals surface area contributed by atoms with Crippen LogP contribution >= 0.6 is 11.8 Å². The average Bonchev–Trinajstić information content (AvgIpc) is 2.33. The first-order valence-corrected chi connectivity index (χ1v) is 4.44. The van der Waals surface area contributed by atoms with Crippen LogP contribution in [0.1, 0.15) is 6.42 Å². The van der Waals surface area contributed by atoms with Gasteiger partial charge in [0.05, 0.1) is 0 Å². The summed E-state index contributed by atoms with van der Waals surface area (Å²) in [5.74, 6) is 0.885. The zero-order valence-corrected chi connectivity index (χ0v) is 6.16. The lowest BCUT2D eigenvalue weighted by Crippen LogP contribution is -2.36. The molecule has 2 heterocycles. The molecular formula is C7H11NS. The highest BCUT2D eigenvalue weighted by Gasteiger charge is 2.25. The highest BCUT2D eigenvalue weighted by atomic mass is 32.2. The van der Waals surface area contributed by atoms with E-state index in [0.717, 1.165) is 11.2 Å². The van der Waals surface area contributed by atoms with E-state index in [0.29, 0.717) is 0 Å².